The van der Waals surface area contributed by atoms with Crippen LogP contribution in [-0.2, 0) is 9.47 Å². The topological polar surface area (TPSA) is 71.8 Å². The molecule has 0 aliphatic carbocycles. The Kier molecular flexibility index (Phi) is 5.53. The van der Waals surface area contributed by atoms with Gasteiger partial charge in [0.25, 0.3) is 5.56 Å². The Morgan fingerprint density at radius 3 is 2.52 bits per heavy atom. The van der Waals surface area contributed by atoms with E-state index in [1.807, 2.05) is 6.07 Å². The molecule has 0 amide bonds. The highest BCUT2D eigenvalue weighted by Crippen LogP contribution is 2.11. The number of benzene rings is 1. The molecule has 1 aromatic carbocycles. The van der Waals surface area contributed by atoms with Gasteiger partial charge < -0.3 is 19.0 Å². The number of methoxy groups -OCH3 is 2. The van der Waals surface area contributed by atoms with Gasteiger partial charge in [0.05, 0.1) is 24.1 Å². The minimum Gasteiger partial charge on any atom is -0.460 e. The van der Waals surface area contributed by atoms with Gasteiger partial charge in [-0.25, -0.2) is 0 Å². The fourth-order valence-electron chi connectivity index (χ4n) is 1.73. The first-order valence-electron chi connectivity index (χ1n) is 6.53. The van der Waals surface area contributed by atoms with Gasteiger partial charge in [-0.05, 0) is 12.1 Å². The maximum Gasteiger partial charge on any atom is 0.334 e. The molecular weight excluding hydrogens is 276 g/mol. The molecule has 2 aromatic rings. The van der Waals surface area contributed by atoms with Gasteiger partial charge in [-0.3, -0.25) is 4.79 Å². The first kappa shape index (κ1) is 15.3. The second-order valence-electron chi connectivity index (χ2n) is 4.18. The SMILES string of the molecule is COCCOc1nc2ccccc2c(=O)n1OCCOC. The molecule has 114 valence electrons. The Bertz CT molecular complexity index is 641. The van der Waals surface area contributed by atoms with Crippen molar-refractivity contribution in [1.29, 1.82) is 0 Å². The Morgan fingerprint density at radius 1 is 1.05 bits per heavy atom. The predicted molar refractivity (Wildman–Crippen MR) is 76.7 cm³/mol. The molecular formula is C14H18N2O5. The molecule has 0 saturated carbocycles. The molecule has 21 heavy (non-hydrogen) atoms. The van der Waals surface area contributed by atoms with Crippen LogP contribution in [0.5, 0.6) is 6.01 Å². The van der Waals surface area contributed by atoms with Crippen molar-refractivity contribution in [2.75, 3.05) is 40.6 Å². The summed E-state index contributed by atoms with van der Waals surface area (Å²) in [7, 11) is 3.13. The van der Waals surface area contributed by atoms with Gasteiger partial charge in [0, 0.05) is 14.2 Å². The van der Waals surface area contributed by atoms with E-state index in [1.54, 1.807) is 32.4 Å². The van der Waals surface area contributed by atoms with E-state index in [-0.39, 0.29) is 24.8 Å². The zero-order valence-corrected chi connectivity index (χ0v) is 12.1. The molecule has 0 bridgehead atoms. The van der Waals surface area contributed by atoms with E-state index in [9.17, 15) is 4.79 Å². The highest BCUT2D eigenvalue weighted by molar-refractivity contribution is 5.77. The van der Waals surface area contributed by atoms with Crippen LogP contribution in [0, 0.1) is 0 Å². The Balaban J connectivity index is 2.36. The number of nitrogens with zero attached hydrogens (tertiary/aromatic N) is 2. The van der Waals surface area contributed by atoms with Crippen molar-refractivity contribution >= 4 is 10.9 Å². The van der Waals surface area contributed by atoms with E-state index in [4.69, 9.17) is 19.0 Å². The van der Waals surface area contributed by atoms with Gasteiger partial charge in [-0.15, -0.1) is 0 Å². The van der Waals surface area contributed by atoms with Gasteiger partial charge in [0.2, 0.25) is 0 Å². The fraction of sp³-hybridized carbons (Fsp3) is 0.429. The van der Waals surface area contributed by atoms with Crippen LogP contribution in [0.3, 0.4) is 0 Å². The molecule has 0 atom stereocenters. The zero-order chi connectivity index (χ0) is 15.1. The predicted octanol–water partition coefficient (Wildman–Crippen LogP) is 0.497. The lowest BCUT2D eigenvalue weighted by molar-refractivity contribution is 0.0317. The van der Waals surface area contributed by atoms with Crippen LogP contribution in [0.1, 0.15) is 0 Å². The molecule has 7 heteroatoms. The van der Waals surface area contributed by atoms with E-state index in [0.29, 0.717) is 24.1 Å². The standard InChI is InChI=1S/C14H18N2O5/c1-18-7-9-20-14-15-12-6-4-3-5-11(12)13(17)16(14)21-10-8-19-2/h3-6H,7-10H2,1-2H3. The van der Waals surface area contributed by atoms with Crippen LogP contribution in [-0.4, -0.2) is 50.4 Å². The molecule has 2 rings (SSSR count). The van der Waals surface area contributed by atoms with Crippen molar-refractivity contribution in [1.82, 2.24) is 9.71 Å². The number of hydrogen-bond acceptors (Lipinski definition) is 6. The van der Waals surface area contributed by atoms with Crippen LogP contribution in [0.2, 0.25) is 0 Å². The highest BCUT2D eigenvalue weighted by Gasteiger charge is 2.13. The lowest BCUT2D eigenvalue weighted by Crippen LogP contribution is -2.31. The van der Waals surface area contributed by atoms with E-state index < -0.39 is 0 Å². The minimum atomic E-state index is -0.316. The summed E-state index contributed by atoms with van der Waals surface area (Å²) in [6.45, 7) is 1.24. The summed E-state index contributed by atoms with van der Waals surface area (Å²) in [5.41, 5.74) is 0.241. The van der Waals surface area contributed by atoms with Crippen molar-refractivity contribution < 1.29 is 19.0 Å². The first-order valence-corrected chi connectivity index (χ1v) is 6.53. The van der Waals surface area contributed by atoms with Crippen molar-refractivity contribution in [2.45, 2.75) is 0 Å². The summed E-state index contributed by atoms with van der Waals surface area (Å²) in [5.74, 6) is 0. The molecule has 0 saturated heterocycles. The van der Waals surface area contributed by atoms with Crippen molar-refractivity contribution in [3.8, 4) is 6.01 Å². The minimum absolute atomic E-state index is 0.104. The Hall–Kier alpha value is -2.12. The molecule has 0 aliphatic heterocycles. The number of hydrogen-bond donors (Lipinski definition) is 0. The van der Waals surface area contributed by atoms with Crippen LogP contribution in [0.25, 0.3) is 10.9 Å². The van der Waals surface area contributed by atoms with Crippen LogP contribution < -0.4 is 15.1 Å². The monoisotopic (exact) mass is 294 g/mol. The first-order chi connectivity index (χ1) is 10.3. The van der Waals surface area contributed by atoms with Gasteiger partial charge in [0.1, 0.15) is 13.2 Å². The summed E-state index contributed by atoms with van der Waals surface area (Å²) < 4.78 is 16.3. The number of fused-ring (bicyclic) bond motifs is 1. The third-order valence-electron chi connectivity index (χ3n) is 2.74. The lowest BCUT2D eigenvalue weighted by atomic mass is 10.2. The summed E-state index contributed by atoms with van der Waals surface area (Å²) in [6.07, 6.45) is 0. The summed E-state index contributed by atoms with van der Waals surface area (Å²) >= 11 is 0. The van der Waals surface area contributed by atoms with Crippen LogP contribution in [0.15, 0.2) is 29.1 Å². The molecule has 0 radical (unpaired) electrons. The average Bonchev–Trinajstić information content (AvgIpc) is 2.50. The van der Waals surface area contributed by atoms with Crippen molar-refractivity contribution in [3.05, 3.63) is 34.6 Å². The van der Waals surface area contributed by atoms with Crippen molar-refractivity contribution in [3.63, 3.8) is 0 Å². The summed E-state index contributed by atoms with van der Waals surface area (Å²) in [4.78, 5) is 22.1. The maximum absolute atomic E-state index is 12.4. The molecule has 0 aliphatic rings. The molecule has 1 heterocycles. The average molecular weight is 294 g/mol. The number of aromatic nitrogens is 2. The Morgan fingerprint density at radius 2 is 1.76 bits per heavy atom. The second-order valence-corrected chi connectivity index (χ2v) is 4.18. The van der Waals surface area contributed by atoms with E-state index in [0.717, 1.165) is 4.73 Å². The summed E-state index contributed by atoms with van der Waals surface area (Å²) in [5, 5.41) is 0.467. The third-order valence-corrected chi connectivity index (χ3v) is 2.74. The number of ether oxygens (including phenoxy) is 3. The smallest absolute Gasteiger partial charge is 0.334 e. The van der Waals surface area contributed by atoms with Gasteiger partial charge in [-0.1, -0.05) is 16.9 Å². The number of para-hydroxylation sites is 1. The zero-order valence-electron chi connectivity index (χ0n) is 12.1. The summed E-state index contributed by atoms with van der Waals surface area (Å²) in [6, 6.07) is 7.13. The fourth-order valence-corrected chi connectivity index (χ4v) is 1.73. The lowest BCUT2D eigenvalue weighted by Gasteiger charge is -2.13. The quantitative estimate of drug-likeness (QED) is 0.660. The van der Waals surface area contributed by atoms with Gasteiger partial charge in [-0.2, -0.15) is 4.98 Å². The van der Waals surface area contributed by atoms with Crippen LogP contribution >= 0.6 is 0 Å². The molecule has 7 nitrogen and oxygen atoms in total. The number of rotatable bonds is 8. The largest absolute Gasteiger partial charge is 0.460 e. The molecule has 0 unspecified atom stereocenters. The highest BCUT2D eigenvalue weighted by atomic mass is 16.7. The van der Waals surface area contributed by atoms with Crippen LogP contribution in [0.4, 0.5) is 0 Å². The second kappa shape index (κ2) is 7.61. The molecule has 0 fully saturated rings. The Labute approximate surface area is 122 Å². The third kappa shape index (κ3) is 3.71. The van der Waals surface area contributed by atoms with Gasteiger partial charge in [0.15, 0.2) is 0 Å². The molecule has 0 spiro atoms. The van der Waals surface area contributed by atoms with Gasteiger partial charge >= 0.3 is 6.01 Å². The van der Waals surface area contributed by atoms with E-state index in [1.165, 1.54) is 0 Å². The van der Waals surface area contributed by atoms with E-state index >= 15 is 0 Å². The van der Waals surface area contributed by atoms with E-state index in [2.05, 4.69) is 4.98 Å². The normalized spacial score (nSPS) is 10.8. The van der Waals surface area contributed by atoms with Crippen molar-refractivity contribution in [2.24, 2.45) is 0 Å². The molecule has 0 N–H and O–H groups in total. The maximum atomic E-state index is 12.4. The molecule has 1 aromatic heterocycles.